The summed E-state index contributed by atoms with van der Waals surface area (Å²) in [7, 11) is -2.13. The summed E-state index contributed by atoms with van der Waals surface area (Å²) in [4.78, 5) is 24.1. The first-order valence-corrected chi connectivity index (χ1v) is 10.5. The number of piperidine rings is 1. The molecule has 2 unspecified atom stereocenters. The zero-order chi connectivity index (χ0) is 19.6. The molecule has 2 fully saturated rings. The zero-order valence-electron chi connectivity index (χ0n) is 15.1. The van der Waals surface area contributed by atoms with Crippen molar-refractivity contribution in [2.75, 3.05) is 13.6 Å². The molecule has 2 N–H and O–H groups in total. The van der Waals surface area contributed by atoms with Crippen molar-refractivity contribution in [3.63, 3.8) is 0 Å². The molecule has 2 heterocycles. The molecule has 1 aromatic rings. The number of hydrogen-bond donors (Lipinski definition) is 2. The van der Waals surface area contributed by atoms with Crippen LogP contribution in [-0.4, -0.2) is 55.9 Å². The normalized spacial score (nSPS) is 24.6. The Balaban J connectivity index is 1.53. The minimum Gasteiger partial charge on any atom is -0.343 e. The number of nitro groups is 1. The van der Waals surface area contributed by atoms with E-state index in [-0.39, 0.29) is 35.5 Å². The molecule has 27 heavy (non-hydrogen) atoms. The van der Waals surface area contributed by atoms with Crippen molar-refractivity contribution in [2.45, 2.75) is 55.1 Å². The highest BCUT2D eigenvalue weighted by Crippen LogP contribution is 2.29. The van der Waals surface area contributed by atoms with E-state index in [1.165, 1.54) is 18.2 Å². The third-order valence-corrected chi connectivity index (χ3v) is 6.82. The van der Waals surface area contributed by atoms with Crippen LogP contribution in [0.3, 0.4) is 0 Å². The van der Waals surface area contributed by atoms with Gasteiger partial charge in [-0.15, -0.1) is 0 Å². The molecule has 1 amide bonds. The summed E-state index contributed by atoms with van der Waals surface area (Å²) in [5.74, 6) is -0.108. The molecule has 2 aliphatic heterocycles. The molecule has 0 radical (unpaired) electrons. The second-order valence-electron chi connectivity index (χ2n) is 7.17. The molecule has 2 atom stereocenters. The van der Waals surface area contributed by atoms with Crippen molar-refractivity contribution in [3.8, 4) is 0 Å². The van der Waals surface area contributed by atoms with Crippen LogP contribution in [0.4, 0.5) is 5.69 Å². The van der Waals surface area contributed by atoms with Gasteiger partial charge in [-0.3, -0.25) is 14.9 Å². The predicted octanol–water partition coefficient (Wildman–Crippen LogP) is 1.00. The lowest BCUT2D eigenvalue weighted by Crippen LogP contribution is -2.49. The number of carbonyl (C=O) groups is 1. The van der Waals surface area contributed by atoms with Crippen LogP contribution in [0.2, 0.25) is 0 Å². The molecule has 0 aromatic heterocycles. The summed E-state index contributed by atoms with van der Waals surface area (Å²) in [6.07, 6.45) is 4.19. The van der Waals surface area contributed by atoms with Crippen molar-refractivity contribution in [3.05, 3.63) is 34.4 Å². The van der Waals surface area contributed by atoms with Gasteiger partial charge >= 0.3 is 0 Å². The van der Waals surface area contributed by atoms with E-state index in [0.717, 1.165) is 31.7 Å². The van der Waals surface area contributed by atoms with E-state index in [4.69, 9.17) is 0 Å². The summed E-state index contributed by atoms with van der Waals surface area (Å²) < 4.78 is 26.9. The molecule has 1 aromatic carbocycles. The van der Waals surface area contributed by atoms with Gasteiger partial charge in [-0.05, 0) is 31.7 Å². The van der Waals surface area contributed by atoms with E-state index in [1.807, 2.05) is 0 Å². The molecule has 0 aliphatic carbocycles. The standard InChI is InChI=1S/C17H24N4O5S/c1-20(15-9-12-5-6-13(10-15)19-12)17(22)7-8-18-27(25,26)16-4-2-3-14(11-16)21(23)24/h2-4,11-13,15,18-19H,5-10H2,1H3. The average Bonchev–Trinajstić information content (AvgIpc) is 2.98. The Morgan fingerprint density at radius 3 is 2.63 bits per heavy atom. The first-order chi connectivity index (χ1) is 12.8. The lowest BCUT2D eigenvalue weighted by Gasteiger charge is -2.35. The van der Waals surface area contributed by atoms with Crippen LogP contribution in [-0.2, 0) is 14.8 Å². The second-order valence-corrected chi connectivity index (χ2v) is 8.94. The van der Waals surface area contributed by atoms with Gasteiger partial charge in [0.2, 0.25) is 15.9 Å². The number of non-ortho nitro benzene ring substituents is 1. The van der Waals surface area contributed by atoms with Gasteiger partial charge in [0.05, 0.1) is 9.82 Å². The minimum absolute atomic E-state index is 0.0456. The number of sulfonamides is 1. The van der Waals surface area contributed by atoms with Crippen LogP contribution in [0.15, 0.2) is 29.2 Å². The first-order valence-electron chi connectivity index (χ1n) is 9.02. The number of rotatable bonds is 7. The summed E-state index contributed by atoms with van der Waals surface area (Å²) in [5, 5.41) is 14.3. The zero-order valence-corrected chi connectivity index (χ0v) is 15.9. The quantitative estimate of drug-likeness (QED) is 0.524. The lowest BCUT2D eigenvalue weighted by molar-refractivity contribution is -0.385. The van der Waals surface area contributed by atoms with Crippen molar-refractivity contribution in [1.29, 1.82) is 0 Å². The van der Waals surface area contributed by atoms with E-state index in [9.17, 15) is 23.3 Å². The van der Waals surface area contributed by atoms with Gasteiger partial charge in [0.25, 0.3) is 5.69 Å². The molecule has 2 aliphatic rings. The van der Waals surface area contributed by atoms with E-state index >= 15 is 0 Å². The Hall–Kier alpha value is -2.04. The number of hydrogen-bond acceptors (Lipinski definition) is 6. The smallest absolute Gasteiger partial charge is 0.270 e. The van der Waals surface area contributed by atoms with E-state index in [1.54, 1.807) is 11.9 Å². The van der Waals surface area contributed by atoms with Crippen LogP contribution < -0.4 is 10.0 Å². The number of carbonyl (C=O) groups excluding carboxylic acids is 1. The molecule has 10 heteroatoms. The third-order valence-electron chi connectivity index (χ3n) is 5.36. The topological polar surface area (TPSA) is 122 Å². The largest absolute Gasteiger partial charge is 0.343 e. The van der Waals surface area contributed by atoms with Gasteiger partial charge in [-0.25, -0.2) is 13.1 Å². The highest BCUT2D eigenvalue weighted by atomic mass is 32.2. The first kappa shape index (κ1) is 19.7. The maximum atomic E-state index is 12.4. The van der Waals surface area contributed by atoms with Gasteiger partial charge in [0, 0.05) is 50.3 Å². The Bertz CT molecular complexity index is 816. The molecule has 2 bridgehead atoms. The third kappa shape index (κ3) is 4.63. The number of benzene rings is 1. The van der Waals surface area contributed by atoms with Crippen LogP contribution in [0.1, 0.15) is 32.1 Å². The van der Waals surface area contributed by atoms with Crippen molar-refractivity contribution in [2.24, 2.45) is 0 Å². The number of fused-ring (bicyclic) bond motifs is 2. The van der Waals surface area contributed by atoms with E-state index < -0.39 is 14.9 Å². The number of nitro benzene ring substituents is 1. The molecular formula is C17H24N4O5S. The number of nitrogens with one attached hydrogen (secondary N) is 2. The number of nitrogens with zero attached hydrogens (tertiary/aromatic N) is 2. The average molecular weight is 396 g/mol. The van der Waals surface area contributed by atoms with Crippen molar-refractivity contribution < 1.29 is 18.1 Å². The van der Waals surface area contributed by atoms with Gasteiger partial charge < -0.3 is 10.2 Å². The van der Waals surface area contributed by atoms with Crippen LogP contribution in [0.25, 0.3) is 0 Å². The molecule has 0 spiro atoms. The van der Waals surface area contributed by atoms with Crippen molar-refractivity contribution >= 4 is 21.6 Å². The fourth-order valence-electron chi connectivity index (χ4n) is 3.86. The molecular weight excluding hydrogens is 372 g/mol. The Morgan fingerprint density at radius 2 is 2.00 bits per heavy atom. The molecule has 9 nitrogen and oxygen atoms in total. The lowest BCUT2D eigenvalue weighted by atomic mass is 9.98. The monoisotopic (exact) mass is 396 g/mol. The molecule has 0 saturated carbocycles. The summed E-state index contributed by atoms with van der Waals surface area (Å²) in [5.41, 5.74) is -0.297. The molecule has 2 saturated heterocycles. The van der Waals surface area contributed by atoms with Crippen LogP contribution in [0.5, 0.6) is 0 Å². The highest BCUT2D eigenvalue weighted by molar-refractivity contribution is 7.89. The molecule has 148 valence electrons. The SMILES string of the molecule is CN(C(=O)CCNS(=O)(=O)c1cccc([N+](=O)[O-])c1)C1CC2CCC(C1)N2. The summed E-state index contributed by atoms with van der Waals surface area (Å²) in [6.45, 7) is -0.0496. The Kier molecular flexibility index (Phi) is 5.78. The minimum atomic E-state index is -3.91. The van der Waals surface area contributed by atoms with Gasteiger partial charge in [-0.2, -0.15) is 0 Å². The summed E-state index contributed by atoms with van der Waals surface area (Å²) >= 11 is 0. The van der Waals surface area contributed by atoms with Crippen molar-refractivity contribution in [1.82, 2.24) is 14.9 Å². The van der Waals surface area contributed by atoms with Crippen LogP contribution >= 0.6 is 0 Å². The Labute approximate surface area is 158 Å². The van der Waals surface area contributed by atoms with E-state index in [2.05, 4.69) is 10.0 Å². The second kappa shape index (κ2) is 7.91. The summed E-state index contributed by atoms with van der Waals surface area (Å²) in [6, 6.07) is 5.95. The van der Waals surface area contributed by atoms with E-state index in [0.29, 0.717) is 12.1 Å². The fourth-order valence-corrected chi connectivity index (χ4v) is 4.93. The van der Waals surface area contributed by atoms with Gasteiger partial charge in [0.1, 0.15) is 0 Å². The van der Waals surface area contributed by atoms with Gasteiger partial charge in [-0.1, -0.05) is 6.07 Å². The Morgan fingerprint density at radius 1 is 1.33 bits per heavy atom. The maximum Gasteiger partial charge on any atom is 0.270 e. The number of amides is 1. The van der Waals surface area contributed by atoms with Crippen LogP contribution in [0, 0.1) is 10.1 Å². The molecule has 3 rings (SSSR count). The highest BCUT2D eigenvalue weighted by Gasteiger charge is 2.36. The maximum absolute atomic E-state index is 12.4. The predicted molar refractivity (Wildman–Crippen MR) is 98.6 cm³/mol. The fraction of sp³-hybridized carbons (Fsp3) is 0.588. The van der Waals surface area contributed by atoms with Gasteiger partial charge in [0.15, 0.2) is 0 Å².